The standard InChI is InChI=1S/C61H69N5O18/c1-33-54(73)41(28-49(83-33)84-44-30-61(80,45(69)31-67)29-39-51(44)58(77)53-52(56(39)75)55(74)38-15-11-16-43(81-2)50(38)57(53)76)65-60(79)82-32-35-18-20-37(21-19-35)63-59(78)36(14-8-9-24-62)27-42(68)40(26-34-12-5-3-6-13-34)64-46(70)17-7-4-10-25-66-47(71)22-23-48(66)72/h3,5-6,11-13,15-16,18-23,33,36,40-41,44,49,54,67,73,75,77,80H,4,7-10,14,17,24-32,62H2,1-2H3,(H,63,78)(H,64,70)(H,65,79)/t33-,36?,40?,41-,44?,49-,54+,61-/m0/s1. The monoisotopic (exact) mass is 1160 g/mol. The molecule has 0 radical (unpaired) electrons. The number of hydrogen-bond acceptors (Lipinski definition) is 19. The van der Waals surface area contributed by atoms with Gasteiger partial charge in [0, 0.05) is 79.1 Å². The molecule has 4 aromatic rings. The third kappa shape index (κ3) is 14.1. The molecule has 23 heteroatoms. The maximum absolute atomic E-state index is 14.1. The molecule has 2 heterocycles. The molecule has 2 aliphatic carbocycles. The number of aromatic hydroxyl groups is 2. The Balaban J connectivity index is 0.880. The first-order valence-corrected chi connectivity index (χ1v) is 27.9. The number of hydrogen-bond donors (Lipinski definition) is 9. The number of ether oxygens (including phenoxy) is 4. The number of ketones is 4. The molecule has 0 saturated carbocycles. The van der Waals surface area contributed by atoms with Gasteiger partial charge < -0.3 is 66.2 Å². The zero-order valence-electron chi connectivity index (χ0n) is 46.5. The van der Waals surface area contributed by atoms with Gasteiger partial charge in [0.05, 0.1) is 48.1 Å². The van der Waals surface area contributed by atoms with E-state index in [1.54, 1.807) is 24.3 Å². The van der Waals surface area contributed by atoms with E-state index in [-0.39, 0.29) is 90.3 Å². The van der Waals surface area contributed by atoms with E-state index in [0.29, 0.717) is 56.3 Å². The van der Waals surface area contributed by atoms with Crippen molar-refractivity contribution in [3.8, 4) is 17.2 Å². The minimum absolute atomic E-state index is 0.0277. The number of nitrogens with one attached hydrogen (secondary N) is 3. The number of carbonyl (C=O) groups excluding carboxylic acids is 9. The minimum atomic E-state index is -2.41. The van der Waals surface area contributed by atoms with E-state index in [1.165, 1.54) is 44.4 Å². The molecular formula is C61H69N5O18. The fourth-order valence-corrected chi connectivity index (χ4v) is 11.1. The topological polar surface area (TPSA) is 357 Å². The number of amides is 5. The van der Waals surface area contributed by atoms with Gasteiger partial charge >= 0.3 is 6.09 Å². The van der Waals surface area contributed by atoms with E-state index in [0.717, 1.165) is 10.5 Å². The minimum Gasteiger partial charge on any atom is -0.507 e. The molecule has 2 aliphatic heterocycles. The van der Waals surface area contributed by atoms with Crippen molar-refractivity contribution in [2.45, 2.75) is 133 Å². The number of aliphatic hydroxyl groups excluding tert-OH is 2. The molecule has 446 valence electrons. The van der Waals surface area contributed by atoms with Gasteiger partial charge in [-0.25, -0.2) is 4.79 Å². The highest BCUT2D eigenvalue weighted by molar-refractivity contribution is 6.31. The summed E-state index contributed by atoms with van der Waals surface area (Å²) < 4.78 is 23.1. The number of rotatable bonds is 26. The SMILES string of the molecule is COc1cccc2c1C(=O)c1c(O)c3c(c(O)c1C2=O)C[C@@](O)(C(=O)CO)CC3O[C@H]1C[C@H](NC(=O)OCc2ccc(NC(=O)C(CCCCN)CC(=O)C(Cc3ccccc3)NC(=O)CCCCCN3C(=O)C=CC3=O)cc2)[C@H](O)[C@H](C)O1. The zero-order chi connectivity index (χ0) is 60.4. The Hall–Kier alpha value is -8.19. The van der Waals surface area contributed by atoms with Crippen molar-refractivity contribution in [1.82, 2.24) is 15.5 Å². The molecule has 4 aromatic carbocycles. The second-order valence-corrected chi connectivity index (χ2v) is 21.4. The molecule has 84 heavy (non-hydrogen) atoms. The number of anilines is 1. The predicted octanol–water partition coefficient (Wildman–Crippen LogP) is 3.82. The van der Waals surface area contributed by atoms with Crippen LogP contribution in [0.2, 0.25) is 0 Å². The molecule has 8 rings (SSSR count). The summed E-state index contributed by atoms with van der Waals surface area (Å²) in [5, 5.41) is 64.7. The van der Waals surface area contributed by atoms with Gasteiger partial charge in [-0.2, -0.15) is 0 Å². The van der Waals surface area contributed by atoms with Crippen molar-refractivity contribution < 1.29 is 87.6 Å². The highest BCUT2D eigenvalue weighted by Crippen LogP contribution is 2.52. The average molecular weight is 1160 g/mol. The van der Waals surface area contributed by atoms with Crippen molar-refractivity contribution in [1.29, 1.82) is 0 Å². The molecule has 0 spiro atoms. The number of phenols is 2. The van der Waals surface area contributed by atoms with Crippen LogP contribution in [0.3, 0.4) is 0 Å². The number of Topliss-reactive ketones (excluding diaryl/α,β-unsaturated/α-hetero) is 2. The van der Waals surface area contributed by atoms with Gasteiger partial charge in [0.2, 0.25) is 17.6 Å². The van der Waals surface area contributed by atoms with Gasteiger partial charge in [-0.15, -0.1) is 0 Å². The first-order valence-electron chi connectivity index (χ1n) is 27.9. The predicted molar refractivity (Wildman–Crippen MR) is 298 cm³/mol. The number of aliphatic hydroxyl groups is 3. The number of methoxy groups -OCH3 is 1. The van der Waals surface area contributed by atoms with Crippen molar-refractivity contribution in [3.05, 3.63) is 129 Å². The van der Waals surface area contributed by atoms with E-state index >= 15 is 0 Å². The van der Waals surface area contributed by atoms with Gasteiger partial charge in [0.1, 0.15) is 42.2 Å². The van der Waals surface area contributed by atoms with Crippen molar-refractivity contribution in [2.75, 3.05) is 32.1 Å². The first-order chi connectivity index (χ1) is 40.2. The third-order valence-corrected chi connectivity index (χ3v) is 15.7. The summed E-state index contributed by atoms with van der Waals surface area (Å²) in [7, 11) is 1.29. The van der Waals surface area contributed by atoms with Crippen LogP contribution in [-0.4, -0.2) is 146 Å². The van der Waals surface area contributed by atoms with Gasteiger partial charge in [-0.05, 0) is 74.9 Å². The van der Waals surface area contributed by atoms with Crippen LogP contribution in [-0.2, 0) is 62.4 Å². The molecule has 23 nitrogen and oxygen atoms in total. The number of carbonyl (C=O) groups is 9. The number of alkyl carbamates (subject to hydrolysis) is 1. The lowest BCUT2D eigenvalue weighted by Gasteiger charge is -2.42. The van der Waals surface area contributed by atoms with Crippen LogP contribution in [0.4, 0.5) is 10.5 Å². The largest absolute Gasteiger partial charge is 0.507 e. The normalized spacial score (nSPS) is 21.4. The summed E-state index contributed by atoms with van der Waals surface area (Å²) in [6.07, 6.45) is -2.19. The highest BCUT2D eigenvalue weighted by Gasteiger charge is 2.50. The third-order valence-electron chi connectivity index (χ3n) is 15.7. The fraction of sp³-hybridized carbons (Fsp3) is 0.426. The number of fused-ring (bicyclic) bond motifs is 3. The van der Waals surface area contributed by atoms with Crippen molar-refractivity contribution >= 4 is 58.5 Å². The van der Waals surface area contributed by atoms with Gasteiger partial charge in [0.25, 0.3) is 11.8 Å². The van der Waals surface area contributed by atoms with Crippen molar-refractivity contribution in [3.63, 3.8) is 0 Å². The molecular weight excluding hydrogens is 1090 g/mol. The Labute approximate surface area is 483 Å². The lowest BCUT2D eigenvalue weighted by atomic mass is 9.72. The second kappa shape index (κ2) is 27.5. The molecule has 0 bridgehead atoms. The second-order valence-electron chi connectivity index (χ2n) is 21.4. The molecule has 4 aliphatic rings. The van der Waals surface area contributed by atoms with Crippen LogP contribution in [0.25, 0.3) is 0 Å². The summed E-state index contributed by atoms with van der Waals surface area (Å²) in [6, 6.07) is 17.8. The number of unbranched alkanes of at least 4 members (excludes halogenated alkanes) is 3. The number of benzene rings is 4. The maximum atomic E-state index is 14.1. The summed E-state index contributed by atoms with van der Waals surface area (Å²) in [5.41, 5.74) is 3.10. The van der Waals surface area contributed by atoms with E-state index in [1.807, 2.05) is 30.3 Å². The Bertz CT molecular complexity index is 3190. The molecule has 10 N–H and O–H groups in total. The molecule has 3 unspecified atom stereocenters. The molecule has 1 saturated heterocycles. The quantitative estimate of drug-likeness (QED) is 0.0216. The Morgan fingerprint density at radius 3 is 2.25 bits per heavy atom. The van der Waals surface area contributed by atoms with Gasteiger partial charge in [-0.3, -0.25) is 43.3 Å². The molecule has 8 atom stereocenters. The number of nitrogens with zero attached hydrogens (tertiary/aromatic N) is 1. The lowest BCUT2D eigenvalue weighted by Crippen LogP contribution is -2.56. The van der Waals surface area contributed by atoms with E-state index in [4.69, 9.17) is 24.7 Å². The van der Waals surface area contributed by atoms with Crippen LogP contribution in [0.5, 0.6) is 17.2 Å². The Morgan fingerprint density at radius 1 is 0.845 bits per heavy atom. The van der Waals surface area contributed by atoms with Crippen molar-refractivity contribution in [2.24, 2.45) is 11.7 Å². The summed E-state index contributed by atoms with van der Waals surface area (Å²) >= 11 is 0. The van der Waals surface area contributed by atoms with Crippen LogP contribution >= 0.6 is 0 Å². The fourth-order valence-electron chi connectivity index (χ4n) is 11.1. The summed E-state index contributed by atoms with van der Waals surface area (Å²) in [5.74, 6) is -6.95. The van der Waals surface area contributed by atoms with Crippen LogP contribution in [0, 0.1) is 5.92 Å². The number of nitrogens with two attached hydrogens (primary N) is 1. The summed E-state index contributed by atoms with van der Waals surface area (Å²) in [6.45, 7) is 0.715. The smallest absolute Gasteiger partial charge is 0.407 e. The van der Waals surface area contributed by atoms with E-state index < -0.39 is 120 Å². The maximum Gasteiger partial charge on any atom is 0.407 e. The van der Waals surface area contributed by atoms with E-state index in [9.17, 15) is 68.7 Å². The van der Waals surface area contributed by atoms with Gasteiger partial charge in [-0.1, -0.05) is 67.4 Å². The summed E-state index contributed by atoms with van der Waals surface area (Å²) in [4.78, 5) is 121. The van der Waals surface area contributed by atoms with E-state index in [2.05, 4.69) is 16.0 Å². The highest BCUT2D eigenvalue weighted by atomic mass is 16.7. The number of phenolic OH excluding ortho intramolecular Hbond substituents is 2. The Kier molecular flexibility index (Phi) is 20.2. The van der Waals surface area contributed by atoms with Crippen LogP contribution < -0.4 is 26.4 Å². The zero-order valence-corrected chi connectivity index (χ0v) is 46.5. The molecule has 0 aromatic heterocycles. The molecule has 1 fully saturated rings. The number of imide groups is 1. The average Bonchev–Trinajstić information content (AvgIpc) is 1.06. The van der Waals surface area contributed by atoms with Crippen LogP contribution in [0.15, 0.2) is 84.9 Å². The van der Waals surface area contributed by atoms with Gasteiger partial charge in [0.15, 0.2) is 23.6 Å². The van der Waals surface area contributed by atoms with Crippen LogP contribution in [0.1, 0.15) is 131 Å². The first kappa shape index (κ1) is 61.9. The Morgan fingerprint density at radius 2 is 1.56 bits per heavy atom. The lowest BCUT2D eigenvalue weighted by molar-refractivity contribution is -0.249. The molecule has 5 amide bonds.